The van der Waals surface area contributed by atoms with E-state index in [-0.39, 0.29) is 11.6 Å². The maximum atomic E-state index is 14.1. The van der Waals surface area contributed by atoms with E-state index in [9.17, 15) is 9.18 Å². The summed E-state index contributed by atoms with van der Waals surface area (Å²) in [5.74, 6) is -0.811. The van der Waals surface area contributed by atoms with Gasteiger partial charge in [-0.15, -0.1) is 0 Å². The van der Waals surface area contributed by atoms with Crippen molar-refractivity contribution in [3.63, 3.8) is 0 Å². The zero-order valence-electron chi connectivity index (χ0n) is 12.2. The van der Waals surface area contributed by atoms with Crippen LogP contribution in [0.4, 0.5) is 10.1 Å². The number of amides is 1. The Morgan fingerprint density at radius 3 is 2.77 bits per heavy atom. The fourth-order valence-electron chi connectivity index (χ4n) is 2.36. The molecule has 3 aromatic rings. The normalized spacial score (nSPS) is 10.7. The molecule has 0 aliphatic rings. The Bertz CT molecular complexity index is 863. The van der Waals surface area contributed by atoms with E-state index in [1.807, 2.05) is 25.1 Å². The van der Waals surface area contributed by atoms with E-state index in [0.717, 1.165) is 22.2 Å². The zero-order valence-corrected chi connectivity index (χ0v) is 12.2. The van der Waals surface area contributed by atoms with Gasteiger partial charge in [0.2, 0.25) is 5.91 Å². The molecule has 0 saturated heterocycles. The average molecular weight is 295 g/mol. The van der Waals surface area contributed by atoms with Crippen LogP contribution in [-0.2, 0) is 4.79 Å². The molecule has 110 valence electrons. The van der Waals surface area contributed by atoms with E-state index in [2.05, 4.69) is 15.3 Å². The SMILES string of the molecule is CC(=O)Nc1cc2c(C)cc(-c3cccnc3)nc2cc1F. The number of aromatic nitrogens is 2. The molecule has 5 heteroatoms. The number of carbonyl (C=O) groups is 1. The van der Waals surface area contributed by atoms with Crippen LogP contribution in [0.3, 0.4) is 0 Å². The van der Waals surface area contributed by atoms with Gasteiger partial charge in [-0.2, -0.15) is 0 Å². The minimum atomic E-state index is -0.502. The van der Waals surface area contributed by atoms with Crippen molar-refractivity contribution in [2.75, 3.05) is 5.32 Å². The molecule has 0 bridgehead atoms. The summed E-state index contributed by atoms with van der Waals surface area (Å²) < 4.78 is 14.1. The van der Waals surface area contributed by atoms with Crippen LogP contribution in [0.15, 0.2) is 42.7 Å². The van der Waals surface area contributed by atoms with Crippen LogP contribution in [0.1, 0.15) is 12.5 Å². The summed E-state index contributed by atoms with van der Waals surface area (Å²) >= 11 is 0. The van der Waals surface area contributed by atoms with Gasteiger partial charge in [-0.3, -0.25) is 9.78 Å². The van der Waals surface area contributed by atoms with E-state index in [1.165, 1.54) is 13.0 Å². The van der Waals surface area contributed by atoms with Crippen molar-refractivity contribution in [2.45, 2.75) is 13.8 Å². The van der Waals surface area contributed by atoms with E-state index in [0.29, 0.717) is 5.52 Å². The number of nitrogens with zero attached hydrogens (tertiary/aromatic N) is 2. The van der Waals surface area contributed by atoms with E-state index in [1.54, 1.807) is 18.5 Å². The highest BCUT2D eigenvalue weighted by Gasteiger charge is 2.11. The number of carbonyl (C=O) groups excluding carboxylic acids is 1. The molecule has 0 spiro atoms. The predicted molar refractivity (Wildman–Crippen MR) is 84.0 cm³/mol. The number of hydrogen-bond donors (Lipinski definition) is 1. The Balaban J connectivity index is 2.17. The molecule has 2 heterocycles. The van der Waals surface area contributed by atoms with Crippen LogP contribution < -0.4 is 5.32 Å². The number of hydrogen-bond acceptors (Lipinski definition) is 3. The molecule has 0 unspecified atom stereocenters. The van der Waals surface area contributed by atoms with Crippen molar-refractivity contribution in [3.05, 3.63) is 54.1 Å². The molecular formula is C17H14FN3O. The molecule has 0 atom stereocenters. The third-order valence-electron chi connectivity index (χ3n) is 3.37. The second kappa shape index (κ2) is 5.52. The fourth-order valence-corrected chi connectivity index (χ4v) is 2.36. The van der Waals surface area contributed by atoms with Gasteiger partial charge in [-0.25, -0.2) is 9.37 Å². The molecule has 0 radical (unpaired) electrons. The summed E-state index contributed by atoms with van der Waals surface area (Å²) in [4.78, 5) is 19.7. The molecule has 1 N–H and O–H groups in total. The molecule has 0 aliphatic carbocycles. The third-order valence-corrected chi connectivity index (χ3v) is 3.37. The minimum Gasteiger partial charge on any atom is -0.324 e. The first-order valence-corrected chi connectivity index (χ1v) is 6.83. The Kier molecular flexibility index (Phi) is 3.55. The Labute approximate surface area is 127 Å². The van der Waals surface area contributed by atoms with Gasteiger partial charge < -0.3 is 5.32 Å². The first-order valence-electron chi connectivity index (χ1n) is 6.83. The molecule has 0 aliphatic heterocycles. The lowest BCUT2D eigenvalue weighted by atomic mass is 10.1. The van der Waals surface area contributed by atoms with Gasteiger partial charge in [0, 0.05) is 36.3 Å². The minimum absolute atomic E-state index is 0.166. The number of anilines is 1. The van der Waals surface area contributed by atoms with Gasteiger partial charge in [0.15, 0.2) is 0 Å². The molecule has 1 amide bonds. The standard InChI is InChI=1S/C17H14FN3O/c1-10-6-15(12-4-3-5-19-9-12)21-16-8-14(18)17(7-13(10)16)20-11(2)22/h3-9H,1-2H3,(H,20,22). The first-order chi connectivity index (χ1) is 10.5. The molecule has 0 saturated carbocycles. The van der Waals surface area contributed by atoms with Crippen molar-refractivity contribution >= 4 is 22.5 Å². The van der Waals surface area contributed by atoms with Crippen LogP contribution in [0.2, 0.25) is 0 Å². The van der Waals surface area contributed by atoms with Crippen molar-refractivity contribution < 1.29 is 9.18 Å². The molecule has 1 aromatic carbocycles. The topological polar surface area (TPSA) is 54.9 Å². The maximum Gasteiger partial charge on any atom is 0.221 e. The number of benzene rings is 1. The summed E-state index contributed by atoms with van der Waals surface area (Å²) in [6.45, 7) is 3.28. The van der Waals surface area contributed by atoms with Crippen LogP contribution >= 0.6 is 0 Å². The summed E-state index contributed by atoms with van der Waals surface area (Å²) in [6, 6.07) is 8.61. The van der Waals surface area contributed by atoms with E-state index < -0.39 is 5.82 Å². The summed E-state index contributed by atoms with van der Waals surface area (Å²) in [6.07, 6.45) is 3.41. The summed E-state index contributed by atoms with van der Waals surface area (Å²) in [5.41, 5.74) is 3.28. The molecule has 4 nitrogen and oxygen atoms in total. The van der Waals surface area contributed by atoms with Gasteiger partial charge in [0.05, 0.1) is 16.9 Å². The van der Waals surface area contributed by atoms with Crippen LogP contribution in [0.5, 0.6) is 0 Å². The lowest BCUT2D eigenvalue weighted by Crippen LogP contribution is -2.07. The highest BCUT2D eigenvalue weighted by molar-refractivity contribution is 5.94. The number of nitrogens with one attached hydrogen (secondary N) is 1. The smallest absolute Gasteiger partial charge is 0.221 e. The number of fused-ring (bicyclic) bond motifs is 1. The van der Waals surface area contributed by atoms with Gasteiger partial charge >= 0.3 is 0 Å². The molecule has 22 heavy (non-hydrogen) atoms. The van der Waals surface area contributed by atoms with Crippen molar-refractivity contribution in [1.82, 2.24) is 9.97 Å². The summed E-state index contributed by atoms with van der Waals surface area (Å²) in [7, 11) is 0. The lowest BCUT2D eigenvalue weighted by Gasteiger charge is -2.10. The van der Waals surface area contributed by atoms with E-state index in [4.69, 9.17) is 0 Å². The Morgan fingerprint density at radius 1 is 1.27 bits per heavy atom. The largest absolute Gasteiger partial charge is 0.324 e. The Morgan fingerprint density at radius 2 is 2.09 bits per heavy atom. The molecular weight excluding hydrogens is 281 g/mol. The van der Waals surface area contributed by atoms with Gasteiger partial charge in [0.1, 0.15) is 5.82 Å². The second-order valence-corrected chi connectivity index (χ2v) is 5.10. The third kappa shape index (κ3) is 2.65. The number of rotatable bonds is 2. The number of pyridine rings is 2. The highest BCUT2D eigenvalue weighted by Crippen LogP contribution is 2.28. The number of halogens is 1. The molecule has 2 aromatic heterocycles. The quantitative estimate of drug-likeness (QED) is 0.784. The second-order valence-electron chi connectivity index (χ2n) is 5.10. The fraction of sp³-hybridized carbons (Fsp3) is 0.118. The molecule has 3 rings (SSSR count). The average Bonchev–Trinajstić information content (AvgIpc) is 2.49. The zero-order chi connectivity index (χ0) is 15.7. The summed E-state index contributed by atoms with van der Waals surface area (Å²) in [5, 5.41) is 3.29. The Hall–Kier alpha value is -2.82. The van der Waals surface area contributed by atoms with Crippen molar-refractivity contribution in [3.8, 4) is 11.3 Å². The van der Waals surface area contributed by atoms with Crippen LogP contribution in [-0.4, -0.2) is 15.9 Å². The van der Waals surface area contributed by atoms with Gasteiger partial charge in [-0.1, -0.05) is 0 Å². The lowest BCUT2D eigenvalue weighted by molar-refractivity contribution is -0.114. The first kappa shape index (κ1) is 14.1. The monoisotopic (exact) mass is 295 g/mol. The predicted octanol–water partition coefficient (Wildman–Crippen LogP) is 3.70. The maximum absolute atomic E-state index is 14.1. The van der Waals surface area contributed by atoms with Gasteiger partial charge in [0.25, 0.3) is 0 Å². The van der Waals surface area contributed by atoms with Gasteiger partial charge in [-0.05, 0) is 36.8 Å². The highest BCUT2D eigenvalue weighted by atomic mass is 19.1. The van der Waals surface area contributed by atoms with Crippen LogP contribution in [0.25, 0.3) is 22.2 Å². The number of aryl methyl sites for hydroxylation is 1. The molecule has 0 fully saturated rings. The van der Waals surface area contributed by atoms with Crippen LogP contribution in [0, 0.1) is 12.7 Å². The van der Waals surface area contributed by atoms with E-state index >= 15 is 0 Å². The van der Waals surface area contributed by atoms with Crippen molar-refractivity contribution in [1.29, 1.82) is 0 Å². The van der Waals surface area contributed by atoms with Crippen molar-refractivity contribution in [2.24, 2.45) is 0 Å².